The standard InChI is InChI=1S/C22H28N2O2/c1-2-3-4-5-6-15-22(23-16-18-11-7-9-13-20(18)25)24-17-19-12-8-10-14-21(19)26/h7-14,16-17,22,25-26H,2-6,15H2,1H3. The minimum Gasteiger partial charge on any atom is -0.507 e. The SMILES string of the molecule is CCCCCCCC(N=Cc1ccccc1O)N=Cc1ccccc1O. The van der Waals surface area contributed by atoms with Crippen molar-refractivity contribution in [1.29, 1.82) is 0 Å². The molecule has 138 valence electrons. The van der Waals surface area contributed by atoms with Gasteiger partial charge in [-0.3, -0.25) is 9.98 Å². The van der Waals surface area contributed by atoms with Crippen molar-refractivity contribution >= 4 is 12.4 Å². The van der Waals surface area contributed by atoms with Gasteiger partial charge in [0.05, 0.1) is 0 Å². The summed E-state index contributed by atoms with van der Waals surface area (Å²) in [5.41, 5.74) is 1.36. The van der Waals surface area contributed by atoms with Gasteiger partial charge in [0.1, 0.15) is 17.7 Å². The third kappa shape index (κ3) is 6.71. The van der Waals surface area contributed by atoms with E-state index in [1.807, 2.05) is 24.3 Å². The second-order valence-corrected chi connectivity index (χ2v) is 6.36. The van der Waals surface area contributed by atoms with Gasteiger partial charge < -0.3 is 10.2 Å². The predicted octanol–water partition coefficient (Wildman–Crippen LogP) is 5.32. The van der Waals surface area contributed by atoms with E-state index in [0.717, 1.165) is 12.8 Å². The van der Waals surface area contributed by atoms with Crippen molar-refractivity contribution in [3.63, 3.8) is 0 Å². The molecule has 0 bridgehead atoms. The number of nitrogens with zero attached hydrogens (tertiary/aromatic N) is 2. The molecule has 0 heterocycles. The van der Waals surface area contributed by atoms with Gasteiger partial charge in [0.25, 0.3) is 0 Å². The lowest BCUT2D eigenvalue weighted by Gasteiger charge is -2.08. The predicted molar refractivity (Wildman–Crippen MR) is 109 cm³/mol. The number of hydrogen-bond acceptors (Lipinski definition) is 4. The van der Waals surface area contributed by atoms with Crippen LogP contribution in [-0.2, 0) is 0 Å². The van der Waals surface area contributed by atoms with Gasteiger partial charge in [-0.1, -0.05) is 56.9 Å². The van der Waals surface area contributed by atoms with E-state index in [0.29, 0.717) is 11.1 Å². The second-order valence-electron chi connectivity index (χ2n) is 6.36. The van der Waals surface area contributed by atoms with Crippen LogP contribution in [0.15, 0.2) is 58.5 Å². The zero-order valence-electron chi connectivity index (χ0n) is 15.4. The molecule has 0 aromatic heterocycles. The zero-order valence-corrected chi connectivity index (χ0v) is 15.4. The molecule has 0 unspecified atom stereocenters. The number of unbranched alkanes of at least 4 members (excludes halogenated alkanes) is 4. The van der Waals surface area contributed by atoms with Gasteiger partial charge in [-0.15, -0.1) is 0 Å². The molecule has 0 aliphatic carbocycles. The number of para-hydroxylation sites is 2. The van der Waals surface area contributed by atoms with E-state index < -0.39 is 0 Å². The number of phenolic OH excluding ortho intramolecular Hbond substituents is 2. The van der Waals surface area contributed by atoms with Crippen LogP contribution in [0.3, 0.4) is 0 Å². The summed E-state index contributed by atoms with van der Waals surface area (Å²) >= 11 is 0. The highest BCUT2D eigenvalue weighted by Gasteiger charge is 2.05. The Morgan fingerprint density at radius 1 is 0.769 bits per heavy atom. The number of phenols is 2. The molecule has 0 radical (unpaired) electrons. The largest absolute Gasteiger partial charge is 0.507 e. The average molecular weight is 352 g/mol. The number of aromatic hydroxyl groups is 2. The summed E-state index contributed by atoms with van der Waals surface area (Å²) in [7, 11) is 0. The number of rotatable bonds is 10. The lowest BCUT2D eigenvalue weighted by atomic mass is 10.1. The first-order valence-corrected chi connectivity index (χ1v) is 9.33. The smallest absolute Gasteiger partial charge is 0.139 e. The van der Waals surface area contributed by atoms with E-state index in [-0.39, 0.29) is 17.7 Å². The lowest BCUT2D eigenvalue weighted by molar-refractivity contribution is 0.474. The van der Waals surface area contributed by atoms with Crippen LogP contribution in [0.1, 0.15) is 56.6 Å². The molecule has 0 aliphatic rings. The highest BCUT2D eigenvalue weighted by molar-refractivity contribution is 5.84. The molecule has 2 aromatic carbocycles. The van der Waals surface area contributed by atoms with E-state index >= 15 is 0 Å². The summed E-state index contributed by atoms with van der Waals surface area (Å²) in [6.45, 7) is 2.20. The first-order chi connectivity index (χ1) is 12.7. The average Bonchev–Trinajstić information content (AvgIpc) is 2.65. The van der Waals surface area contributed by atoms with E-state index in [2.05, 4.69) is 16.9 Å². The van der Waals surface area contributed by atoms with Crippen molar-refractivity contribution < 1.29 is 10.2 Å². The highest BCUT2D eigenvalue weighted by Crippen LogP contribution is 2.17. The molecule has 0 spiro atoms. The van der Waals surface area contributed by atoms with E-state index in [1.54, 1.807) is 36.7 Å². The lowest BCUT2D eigenvalue weighted by Crippen LogP contribution is -2.03. The molecule has 2 N–H and O–H groups in total. The van der Waals surface area contributed by atoms with Crippen LogP contribution in [0, 0.1) is 0 Å². The third-order valence-corrected chi connectivity index (χ3v) is 4.21. The van der Waals surface area contributed by atoms with Crippen LogP contribution >= 0.6 is 0 Å². The Bertz CT molecular complexity index is 670. The number of hydrogen-bond donors (Lipinski definition) is 2. The minimum absolute atomic E-state index is 0.211. The van der Waals surface area contributed by atoms with Crippen LogP contribution in [0.5, 0.6) is 11.5 Å². The third-order valence-electron chi connectivity index (χ3n) is 4.21. The van der Waals surface area contributed by atoms with Gasteiger partial charge in [-0.05, 0) is 37.1 Å². The van der Waals surface area contributed by atoms with Crippen molar-refractivity contribution in [2.24, 2.45) is 9.98 Å². The maximum Gasteiger partial charge on any atom is 0.139 e. The minimum atomic E-state index is -0.226. The van der Waals surface area contributed by atoms with Crippen molar-refractivity contribution in [2.45, 2.75) is 51.6 Å². The molecule has 4 heteroatoms. The summed E-state index contributed by atoms with van der Waals surface area (Å²) in [4.78, 5) is 9.11. The maximum atomic E-state index is 9.88. The normalized spacial score (nSPS) is 12.8. The molecule has 0 saturated carbocycles. The highest BCUT2D eigenvalue weighted by atomic mass is 16.3. The van der Waals surface area contributed by atoms with Crippen LogP contribution < -0.4 is 0 Å². The molecule has 0 fully saturated rings. The Morgan fingerprint density at radius 3 is 1.77 bits per heavy atom. The Kier molecular flexibility index (Phi) is 8.40. The Hall–Kier alpha value is -2.62. The molecule has 0 saturated heterocycles. The quantitative estimate of drug-likeness (QED) is 0.449. The maximum absolute atomic E-state index is 9.88. The number of aliphatic imine (C=N–C) groups is 2. The summed E-state index contributed by atoms with van der Waals surface area (Å²) < 4.78 is 0. The van der Waals surface area contributed by atoms with Gasteiger partial charge >= 0.3 is 0 Å². The van der Waals surface area contributed by atoms with Gasteiger partial charge in [0, 0.05) is 23.6 Å². The van der Waals surface area contributed by atoms with E-state index in [1.165, 1.54) is 25.7 Å². The van der Waals surface area contributed by atoms with Crippen molar-refractivity contribution in [3.8, 4) is 11.5 Å². The monoisotopic (exact) mass is 352 g/mol. The van der Waals surface area contributed by atoms with Crippen LogP contribution in [-0.4, -0.2) is 28.8 Å². The van der Waals surface area contributed by atoms with E-state index in [9.17, 15) is 10.2 Å². The van der Waals surface area contributed by atoms with Crippen molar-refractivity contribution in [2.75, 3.05) is 0 Å². The van der Waals surface area contributed by atoms with Crippen molar-refractivity contribution in [3.05, 3.63) is 59.7 Å². The van der Waals surface area contributed by atoms with Gasteiger partial charge in [0.15, 0.2) is 0 Å². The van der Waals surface area contributed by atoms with Gasteiger partial charge in [0.2, 0.25) is 0 Å². The Balaban J connectivity index is 2.05. The molecule has 0 aliphatic heterocycles. The molecule has 4 nitrogen and oxygen atoms in total. The summed E-state index contributed by atoms with van der Waals surface area (Å²) in [5.74, 6) is 0.422. The van der Waals surface area contributed by atoms with Gasteiger partial charge in [-0.2, -0.15) is 0 Å². The first-order valence-electron chi connectivity index (χ1n) is 9.33. The molecule has 0 atom stereocenters. The molecular weight excluding hydrogens is 324 g/mol. The Morgan fingerprint density at radius 2 is 1.27 bits per heavy atom. The van der Waals surface area contributed by atoms with Crippen LogP contribution in [0.2, 0.25) is 0 Å². The molecule has 26 heavy (non-hydrogen) atoms. The van der Waals surface area contributed by atoms with Crippen LogP contribution in [0.4, 0.5) is 0 Å². The van der Waals surface area contributed by atoms with Gasteiger partial charge in [-0.25, -0.2) is 0 Å². The zero-order chi connectivity index (χ0) is 18.6. The fourth-order valence-corrected chi connectivity index (χ4v) is 2.64. The van der Waals surface area contributed by atoms with Crippen molar-refractivity contribution in [1.82, 2.24) is 0 Å². The second kappa shape index (κ2) is 11.1. The molecule has 2 rings (SSSR count). The fraction of sp³-hybridized carbons (Fsp3) is 0.364. The van der Waals surface area contributed by atoms with Crippen LogP contribution in [0.25, 0.3) is 0 Å². The molecule has 0 amide bonds. The fourth-order valence-electron chi connectivity index (χ4n) is 2.64. The summed E-state index contributed by atoms with van der Waals surface area (Å²) in [5, 5.41) is 19.8. The molecule has 2 aromatic rings. The van der Waals surface area contributed by atoms with E-state index in [4.69, 9.17) is 0 Å². The summed E-state index contributed by atoms with van der Waals surface area (Å²) in [6, 6.07) is 14.2. The Labute approximate surface area is 156 Å². The molecular formula is C22H28N2O2. The first kappa shape index (κ1) is 19.7. The summed E-state index contributed by atoms with van der Waals surface area (Å²) in [6.07, 6.45) is 9.91. The number of benzene rings is 2. The topological polar surface area (TPSA) is 65.2 Å².